The van der Waals surface area contributed by atoms with Gasteiger partial charge in [-0.2, -0.15) is 13.2 Å². The van der Waals surface area contributed by atoms with Crippen molar-refractivity contribution >= 4 is 11.9 Å². The Labute approximate surface area is 102 Å². The van der Waals surface area contributed by atoms with E-state index in [0.717, 1.165) is 0 Å². The summed E-state index contributed by atoms with van der Waals surface area (Å²) in [5, 5.41) is 10.4. The summed E-state index contributed by atoms with van der Waals surface area (Å²) in [4.78, 5) is 22.3. The van der Waals surface area contributed by atoms with E-state index in [-0.39, 0.29) is 0 Å². The molecule has 0 heterocycles. The molecule has 0 unspecified atom stereocenters. The highest BCUT2D eigenvalue weighted by molar-refractivity contribution is 5.87. The molecular formula is C10H16F3NO4. The SMILES string of the molecule is CC(C)OC(=O)[C@@H](NC(=O)C(F)(F)F)[C@H]([13CH3])CO. The Balaban J connectivity index is 4.80. The molecule has 0 aliphatic rings. The molecule has 0 saturated heterocycles. The van der Waals surface area contributed by atoms with Gasteiger partial charge in [0.1, 0.15) is 6.04 Å². The molecular weight excluding hydrogens is 256 g/mol. The van der Waals surface area contributed by atoms with Gasteiger partial charge in [-0.1, -0.05) is 6.92 Å². The van der Waals surface area contributed by atoms with Crippen LogP contribution in [-0.2, 0) is 14.3 Å². The lowest BCUT2D eigenvalue weighted by Gasteiger charge is -2.23. The van der Waals surface area contributed by atoms with E-state index < -0.39 is 42.7 Å². The van der Waals surface area contributed by atoms with Crippen LogP contribution in [0.1, 0.15) is 20.8 Å². The van der Waals surface area contributed by atoms with Crippen LogP contribution in [0.25, 0.3) is 0 Å². The third-order valence-corrected chi connectivity index (χ3v) is 2.01. The van der Waals surface area contributed by atoms with Gasteiger partial charge < -0.3 is 15.2 Å². The van der Waals surface area contributed by atoms with Gasteiger partial charge in [0.15, 0.2) is 0 Å². The maximum absolute atomic E-state index is 12.1. The molecule has 0 radical (unpaired) electrons. The molecule has 106 valence electrons. The minimum absolute atomic E-state index is 0.534. The number of esters is 1. The molecule has 5 nitrogen and oxygen atoms in total. The van der Waals surface area contributed by atoms with E-state index in [4.69, 9.17) is 9.84 Å². The van der Waals surface area contributed by atoms with E-state index in [0.29, 0.717) is 0 Å². The molecule has 0 aliphatic carbocycles. The molecule has 0 aromatic heterocycles. The van der Waals surface area contributed by atoms with Gasteiger partial charge in [0.2, 0.25) is 0 Å². The normalized spacial score (nSPS) is 15.1. The number of halogens is 3. The molecule has 0 saturated carbocycles. The quantitative estimate of drug-likeness (QED) is 0.568. The van der Waals surface area contributed by atoms with E-state index in [9.17, 15) is 22.8 Å². The number of amides is 1. The number of rotatable bonds is 5. The Morgan fingerprint density at radius 3 is 2.11 bits per heavy atom. The summed E-state index contributed by atoms with van der Waals surface area (Å²) < 4.78 is 40.9. The fourth-order valence-corrected chi connectivity index (χ4v) is 1.07. The number of aliphatic hydroxyl groups is 1. The molecule has 2 atom stereocenters. The van der Waals surface area contributed by atoms with Crippen molar-refractivity contribution in [2.24, 2.45) is 5.92 Å². The van der Waals surface area contributed by atoms with Crippen LogP contribution in [0.5, 0.6) is 0 Å². The number of alkyl halides is 3. The predicted molar refractivity (Wildman–Crippen MR) is 55.5 cm³/mol. The maximum atomic E-state index is 12.1. The number of ether oxygens (including phenoxy) is 1. The first kappa shape index (κ1) is 16.7. The van der Waals surface area contributed by atoms with Crippen molar-refractivity contribution in [1.82, 2.24) is 5.32 Å². The van der Waals surface area contributed by atoms with Crippen LogP contribution in [-0.4, -0.2) is 41.9 Å². The molecule has 2 N–H and O–H groups in total. The fraction of sp³-hybridized carbons (Fsp3) is 0.800. The minimum Gasteiger partial charge on any atom is -0.461 e. The summed E-state index contributed by atoms with van der Waals surface area (Å²) >= 11 is 0. The third kappa shape index (κ3) is 5.35. The average molecular weight is 272 g/mol. The van der Waals surface area contributed by atoms with E-state index in [1.807, 2.05) is 0 Å². The van der Waals surface area contributed by atoms with Gasteiger partial charge in [-0.15, -0.1) is 0 Å². The van der Waals surface area contributed by atoms with Crippen molar-refractivity contribution in [2.45, 2.75) is 39.1 Å². The first-order valence-corrected chi connectivity index (χ1v) is 5.28. The molecule has 0 spiro atoms. The van der Waals surface area contributed by atoms with E-state index in [1.165, 1.54) is 26.1 Å². The molecule has 0 aromatic carbocycles. The number of aliphatic hydroxyl groups excluding tert-OH is 1. The summed E-state index contributed by atoms with van der Waals surface area (Å²) in [5.41, 5.74) is 0. The standard InChI is InChI=1S/C10H16F3NO4/c1-5(2)18-8(16)7(6(3)4-15)14-9(17)10(11,12)13/h5-7,15H,4H2,1-3H3,(H,14,17)/t6-,7+/m1/s1/i3+1. The Morgan fingerprint density at radius 1 is 1.28 bits per heavy atom. The fourth-order valence-electron chi connectivity index (χ4n) is 1.07. The molecule has 1 amide bonds. The zero-order chi connectivity index (χ0) is 14.5. The maximum Gasteiger partial charge on any atom is 0.471 e. The molecule has 0 aromatic rings. The van der Waals surface area contributed by atoms with Crippen molar-refractivity contribution < 1.29 is 32.6 Å². The van der Waals surface area contributed by atoms with Gasteiger partial charge >= 0.3 is 18.1 Å². The number of carbonyl (C=O) groups is 2. The topological polar surface area (TPSA) is 75.6 Å². The number of nitrogens with one attached hydrogen (secondary N) is 1. The second-order valence-electron chi connectivity index (χ2n) is 4.09. The average Bonchev–Trinajstić information content (AvgIpc) is 2.21. The van der Waals surface area contributed by atoms with Crippen molar-refractivity contribution in [1.29, 1.82) is 0 Å². The zero-order valence-corrected chi connectivity index (χ0v) is 10.2. The molecule has 0 bridgehead atoms. The predicted octanol–water partition coefficient (Wildman–Crippen LogP) is 0.613. The van der Waals surface area contributed by atoms with Crippen molar-refractivity contribution in [2.75, 3.05) is 6.61 Å². The van der Waals surface area contributed by atoms with Gasteiger partial charge in [-0.05, 0) is 13.8 Å². The first-order valence-electron chi connectivity index (χ1n) is 5.28. The highest BCUT2D eigenvalue weighted by atomic mass is 19.4. The lowest BCUT2D eigenvalue weighted by Crippen LogP contribution is -2.51. The summed E-state index contributed by atoms with van der Waals surface area (Å²) in [5.74, 6) is -4.14. The van der Waals surface area contributed by atoms with Crippen LogP contribution in [0.3, 0.4) is 0 Å². The molecule has 0 fully saturated rings. The first-order chi connectivity index (χ1) is 8.09. The summed E-state index contributed by atoms with van der Waals surface area (Å²) in [6.07, 6.45) is -5.63. The summed E-state index contributed by atoms with van der Waals surface area (Å²) in [6.45, 7) is 3.80. The Hall–Kier alpha value is -1.31. The summed E-state index contributed by atoms with van der Waals surface area (Å²) in [6, 6.07) is -1.54. The molecule has 0 aliphatic heterocycles. The second kappa shape index (κ2) is 6.58. The highest BCUT2D eigenvalue weighted by Crippen LogP contribution is 2.16. The van der Waals surface area contributed by atoms with Crippen LogP contribution < -0.4 is 5.32 Å². The largest absolute Gasteiger partial charge is 0.471 e. The van der Waals surface area contributed by atoms with Crippen LogP contribution in [0.15, 0.2) is 0 Å². The summed E-state index contributed by atoms with van der Waals surface area (Å²) in [7, 11) is 0. The number of hydrogen-bond acceptors (Lipinski definition) is 4. The smallest absolute Gasteiger partial charge is 0.461 e. The van der Waals surface area contributed by atoms with Gasteiger partial charge in [-0.3, -0.25) is 4.79 Å². The van der Waals surface area contributed by atoms with Crippen LogP contribution in [0.4, 0.5) is 13.2 Å². The minimum atomic E-state index is -5.09. The highest BCUT2D eigenvalue weighted by Gasteiger charge is 2.42. The van der Waals surface area contributed by atoms with E-state index >= 15 is 0 Å². The van der Waals surface area contributed by atoms with Crippen LogP contribution in [0, 0.1) is 5.92 Å². The van der Waals surface area contributed by atoms with E-state index in [2.05, 4.69) is 0 Å². The third-order valence-electron chi connectivity index (χ3n) is 2.01. The molecule has 8 heteroatoms. The van der Waals surface area contributed by atoms with Gasteiger partial charge in [0.25, 0.3) is 0 Å². The lowest BCUT2D eigenvalue weighted by molar-refractivity contribution is -0.177. The monoisotopic (exact) mass is 272 g/mol. The van der Waals surface area contributed by atoms with Gasteiger partial charge in [-0.25, -0.2) is 4.79 Å². The lowest BCUT2D eigenvalue weighted by atomic mass is 10.1. The number of hydrogen-bond donors (Lipinski definition) is 2. The Morgan fingerprint density at radius 2 is 1.78 bits per heavy atom. The molecule has 0 rings (SSSR count). The Kier molecular flexibility index (Phi) is 6.10. The number of carbonyl (C=O) groups excluding carboxylic acids is 2. The van der Waals surface area contributed by atoms with Gasteiger partial charge in [0, 0.05) is 12.5 Å². The zero-order valence-electron chi connectivity index (χ0n) is 10.2. The van der Waals surface area contributed by atoms with E-state index in [1.54, 1.807) is 0 Å². The van der Waals surface area contributed by atoms with Crippen molar-refractivity contribution in [3.63, 3.8) is 0 Å². The van der Waals surface area contributed by atoms with Crippen molar-refractivity contribution in [3.8, 4) is 0 Å². The Bertz CT molecular complexity index is 304. The van der Waals surface area contributed by atoms with Gasteiger partial charge in [0.05, 0.1) is 6.10 Å². The van der Waals surface area contributed by atoms with Crippen LogP contribution in [0.2, 0.25) is 0 Å². The van der Waals surface area contributed by atoms with Crippen LogP contribution >= 0.6 is 0 Å². The van der Waals surface area contributed by atoms with Crippen molar-refractivity contribution in [3.05, 3.63) is 0 Å². The second-order valence-corrected chi connectivity index (χ2v) is 4.09. The molecule has 18 heavy (non-hydrogen) atoms.